The molecule has 1 fully saturated rings. The first kappa shape index (κ1) is 30.5. The number of anilines is 1. The van der Waals surface area contributed by atoms with Crippen molar-refractivity contribution in [1.82, 2.24) is 15.0 Å². The molecule has 0 spiro atoms. The molecule has 0 bridgehead atoms. The van der Waals surface area contributed by atoms with Crippen molar-refractivity contribution >= 4 is 17.8 Å². The Labute approximate surface area is 212 Å². The molecule has 0 saturated heterocycles. The number of ether oxygens (including phenoxy) is 2. The Balaban J connectivity index is 0.000000301. The smallest absolute Gasteiger partial charge is 0.481 e. The number of nitrogens with zero attached hydrogens (tertiary/aromatic N) is 4. The molecule has 0 radical (unpaired) electrons. The molecule has 1 saturated carbocycles. The van der Waals surface area contributed by atoms with Crippen molar-refractivity contribution in [1.29, 1.82) is 0 Å². The van der Waals surface area contributed by atoms with Crippen LogP contribution in [-0.4, -0.2) is 69.7 Å². The summed E-state index contributed by atoms with van der Waals surface area (Å²) >= 11 is 0. The number of fused-ring (bicyclic) bond motifs is 1. The highest BCUT2D eigenvalue weighted by Gasteiger charge is 2.38. The van der Waals surface area contributed by atoms with Gasteiger partial charge in [-0.25, -0.2) is 19.6 Å². The number of pyridine rings is 1. The van der Waals surface area contributed by atoms with E-state index in [4.69, 9.17) is 29.3 Å². The molecule has 0 unspecified atom stereocenters. The van der Waals surface area contributed by atoms with Gasteiger partial charge in [-0.2, -0.15) is 26.3 Å². The van der Waals surface area contributed by atoms with Crippen LogP contribution in [0, 0.1) is 5.92 Å². The lowest BCUT2D eigenvalue weighted by Crippen LogP contribution is -2.32. The molecule has 16 heteroatoms. The van der Waals surface area contributed by atoms with Crippen molar-refractivity contribution in [3.05, 3.63) is 41.5 Å². The molecule has 0 aromatic carbocycles. The Morgan fingerprint density at radius 1 is 1.05 bits per heavy atom. The maximum atomic E-state index is 10.6. The second kappa shape index (κ2) is 13.2. The second-order valence-corrected chi connectivity index (χ2v) is 8.09. The van der Waals surface area contributed by atoms with Gasteiger partial charge in [0.25, 0.3) is 0 Å². The molecule has 3 heterocycles. The molecule has 2 aromatic rings. The highest BCUT2D eigenvalue weighted by molar-refractivity contribution is 5.73. The summed E-state index contributed by atoms with van der Waals surface area (Å²) in [5.41, 5.74) is 3.87. The van der Waals surface area contributed by atoms with Crippen LogP contribution in [0.4, 0.5) is 32.2 Å². The molecule has 2 N–H and O–H groups in total. The summed E-state index contributed by atoms with van der Waals surface area (Å²) in [6.07, 6.45) is -1.08. The zero-order valence-electron chi connectivity index (χ0n) is 19.9. The van der Waals surface area contributed by atoms with Crippen LogP contribution in [0.15, 0.2) is 24.8 Å². The zero-order valence-corrected chi connectivity index (χ0v) is 19.9. The van der Waals surface area contributed by atoms with E-state index in [9.17, 15) is 26.3 Å². The van der Waals surface area contributed by atoms with Gasteiger partial charge >= 0.3 is 24.3 Å². The third-order valence-electron chi connectivity index (χ3n) is 5.18. The third-order valence-corrected chi connectivity index (χ3v) is 5.18. The van der Waals surface area contributed by atoms with Gasteiger partial charge in [0.15, 0.2) is 0 Å². The van der Waals surface area contributed by atoms with Gasteiger partial charge in [0.05, 0.1) is 13.7 Å². The Hall–Kier alpha value is -3.69. The number of hydrogen-bond acceptors (Lipinski definition) is 8. The van der Waals surface area contributed by atoms with Gasteiger partial charge in [-0.15, -0.1) is 0 Å². The van der Waals surface area contributed by atoms with E-state index in [-0.39, 0.29) is 0 Å². The Morgan fingerprint density at radius 2 is 1.66 bits per heavy atom. The molecule has 38 heavy (non-hydrogen) atoms. The number of rotatable bonds is 6. The molecular formula is C22H24F6N4O6. The van der Waals surface area contributed by atoms with Crippen LogP contribution in [0.1, 0.15) is 29.5 Å². The average molecular weight is 554 g/mol. The zero-order chi connectivity index (χ0) is 28.5. The molecule has 4 rings (SSSR count). The third kappa shape index (κ3) is 9.99. The van der Waals surface area contributed by atoms with Gasteiger partial charge < -0.3 is 24.6 Å². The van der Waals surface area contributed by atoms with Gasteiger partial charge in [-0.1, -0.05) is 0 Å². The summed E-state index contributed by atoms with van der Waals surface area (Å²) in [7, 11) is 1.62. The van der Waals surface area contributed by atoms with E-state index in [1.165, 1.54) is 29.5 Å². The largest absolute Gasteiger partial charge is 0.490 e. The summed E-state index contributed by atoms with van der Waals surface area (Å²) in [4.78, 5) is 32.9. The van der Waals surface area contributed by atoms with Crippen molar-refractivity contribution in [2.24, 2.45) is 5.92 Å². The first-order chi connectivity index (χ1) is 17.7. The quantitative estimate of drug-likeness (QED) is 0.510. The van der Waals surface area contributed by atoms with Gasteiger partial charge in [-0.05, 0) is 41.9 Å². The lowest BCUT2D eigenvalue weighted by Gasteiger charge is -2.30. The first-order valence-electron chi connectivity index (χ1n) is 11.0. The van der Waals surface area contributed by atoms with Crippen molar-refractivity contribution in [3.63, 3.8) is 0 Å². The first-order valence-corrected chi connectivity index (χ1v) is 11.0. The van der Waals surface area contributed by atoms with Crippen molar-refractivity contribution in [3.8, 4) is 5.88 Å². The molecule has 1 aliphatic heterocycles. The summed E-state index contributed by atoms with van der Waals surface area (Å²) in [5.74, 6) is -3.24. The molecule has 2 aromatic heterocycles. The molecule has 210 valence electrons. The van der Waals surface area contributed by atoms with E-state index in [0.717, 1.165) is 37.9 Å². The summed E-state index contributed by atoms with van der Waals surface area (Å²) in [5, 5.41) is 14.2. The van der Waals surface area contributed by atoms with Crippen LogP contribution in [0.3, 0.4) is 0 Å². The second-order valence-electron chi connectivity index (χ2n) is 8.09. The number of alkyl halides is 6. The predicted octanol–water partition coefficient (Wildman–Crippen LogP) is 3.64. The van der Waals surface area contributed by atoms with E-state index < -0.39 is 24.3 Å². The molecule has 1 aliphatic carbocycles. The minimum Gasteiger partial charge on any atom is -0.481 e. The molecule has 2 aliphatic rings. The molecule has 10 nitrogen and oxygen atoms in total. The van der Waals surface area contributed by atoms with Crippen molar-refractivity contribution < 1.29 is 55.6 Å². The number of methoxy groups -OCH3 is 1. The highest BCUT2D eigenvalue weighted by Crippen LogP contribution is 2.30. The number of carboxylic acid groups (broad SMARTS) is 2. The standard InChI is InChI=1S/C18H22N4O2.2C2HF3O2/c1-23-18-6-17(20-12-21-18)22-5-4-16-14(9-22)7-19-8-15(16)11-24-10-13-2-3-13;2*3-2(4,5)1(6)7/h6-8,12-13H,2-5,9-11H2,1H3;2*(H,6,7). The van der Waals surface area contributed by atoms with Crippen LogP contribution >= 0.6 is 0 Å². The number of aromatic nitrogens is 3. The molecule has 0 amide bonds. The lowest BCUT2D eigenvalue weighted by atomic mass is 9.97. The van der Waals surface area contributed by atoms with Crippen LogP contribution < -0.4 is 9.64 Å². The fraction of sp³-hybridized carbons (Fsp3) is 0.500. The van der Waals surface area contributed by atoms with Gasteiger partial charge in [0, 0.05) is 38.2 Å². The van der Waals surface area contributed by atoms with E-state index in [2.05, 4.69) is 19.9 Å². The SMILES string of the molecule is COc1cc(N2CCc3c(COCC4CC4)cncc3C2)ncn1.O=C(O)C(F)(F)F.O=C(O)C(F)(F)F. The fourth-order valence-corrected chi connectivity index (χ4v) is 3.12. The Kier molecular flexibility index (Phi) is 10.6. The Bertz CT molecular complexity index is 1070. The topological polar surface area (TPSA) is 135 Å². The summed E-state index contributed by atoms with van der Waals surface area (Å²) < 4.78 is 74.5. The van der Waals surface area contributed by atoms with Gasteiger partial charge in [-0.3, -0.25) is 4.98 Å². The highest BCUT2D eigenvalue weighted by atomic mass is 19.4. The van der Waals surface area contributed by atoms with E-state index in [0.29, 0.717) is 12.5 Å². The maximum Gasteiger partial charge on any atom is 0.490 e. The van der Waals surface area contributed by atoms with Gasteiger partial charge in [0.2, 0.25) is 5.88 Å². The van der Waals surface area contributed by atoms with Crippen LogP contribution in [0.2, 0.25) is 0 Å². The number of halogens is 6. The molecule has 0 atom stereocenters. The monoisotopic (exact) mass is 554 g/mol. The summed E-state index contributed by atoms with van der Waals surface area (Å²) in [6.45, 7) is 3.29. The maximum absolute atomic E-state index is 10.6. The number of aliphatic carboxylic acids is 2. The number of carboxylic acids is 2. The lowest BCUT2D eigenvalue weighted by molar-refractivity contribution is -0.193. The van der Waals surface area contributed by atoms with Crippen LogP contribution in [0.5, 0.6) is 5.88 Å². The number of carbonyl (C=O) groups is 2. The average Bonchev–Trinajstić information content (AvgIpc) is 3.68. The molecular weight excluding hydrogens is 530 g/mol. The van der Waals surface area contributed by atoms with E-state index in [1.807, 2.05) is 18.5 Å². The summed E-state index contributed by atoms with van der Waals surface area (Å²) in [6, 6.07) is 1.88. The van der Waals surface area contributed by atoms with E-state index >= 15 is 0 Å². The Morgan fingerprint density at radius 3 is 2.18 bits per heavy atom. The predicted molar refractivity (Wildman–Crippen MR) is 117 cm³/mol. The van der Waals surface area contributed by atoms with Crippen LogP contribution in [-0.2, 0) is 33.9 Å². The van der Waals surface area contributed by atoms with Crippen molar-refractivity contribution in [2.75, 3.05) is 25.2 Å². The normalized spacial score (nSPS) is 14.8. The van der Waals surface area contributed by atoms with Crippen molar-refractivity contribution in [2.45, 2.75) is 44.8 Å². The van der Waals surface area contributed by atoms with Crippen LogP contribution in [0.25, 0.3) is 0 Å². The van der Waals surface area contributed by atoms with E-state index in [1.54, 1.807) is 13.4 Å². The number of hydrogen-bond donors (Lipinski definition) is 2. The van der Waals surface area contributed by atoms with Gasteiger partial charge in [0.1, 0.15) is 12.1 Å². The fourth-order valence-electron chi connectivity index (χ4n) is 3.12. The minimum atomic E-state index is -5.08. The minimum absolute atomic E-state index is 0.589.